The molecule has 1 aliphatic heterocycles. The smallest absolute Gasteiger partial charge is 0.254 e. The molecule has 0 aromatic heterocycles. The van der Waals surface area contributed by atoms with Gasteiger partial charge in [0.25, 0.3) is 5.91 Å². The van der Waals surface area contributed by atoms with Crippen molar-refractivity contribution >= 4 is 11.8 Å². The van der Waals surface area contributed by atoms with Gasteiger partial charge < -0.3 is 20.1 Å². The van der Waals surface area contributed by atoms with E-state index in [2.05, 4.69) is 10.6 Å². The summed E-state index contributed by atoms with van der Waals surface area (Å²) in [5.41, 5.74) is 1.78. The van der Waals surface area contributed by atoms with Crippen LogP contribution in [-0.4, -0.2) is 31.1 Å². The molecule has 1 atom stereocenters. The van der Waals surface area contributed by atoms with Crippen molar-refractivity contribution in [3.63, 3.8) is 0 Å². The monoisotopic (exact) mass is 386 g/mol. The van der Waals surface area contributed by atoms with Crippen LogP contribution in [0.3, 0.4) is 0 Å². The second-order valence-electron chi connectivity index (χ2n) is 6.57. The first kappa shape index (κ1) is 19.7. The van der Waals surface area contributed by atoms with Crippen LogP contribution in [0.15, 0.2) is 36.4 Å². The van der Waals surface area contributed by atoms with Crippen molar-refractivity contribution in [1.29, 1.82) is 0 Å². The quantitative estimate of drug-likeness (QED) is 0.767. The summed E-state index contributed by atoms with van der Waals surface area (Å²) in [6.07, 6.45) is 0.937. The molecule has 2 amide bonds. The van der Waals surface area contributed by atoms with E-state index in [0.717, 1.165) is 23.3 Å². The molecule has 0 spiro atoms. The Kier molecular flexibility index (Phi) is 6.13. The van der Waals surface area contributed by atoms with Crippen molar-refractivity contribution in [3.8, 4) is 11.5 Å². The average molecular weight is 386 g/mol. The minimum Gasteiger partial charge on any atom is -0.494 e. The van der Waals surface area contributed by atoms with Crippen molar-refractivity contribution in [2.24, 2.45) is 0 Å². The molecule has 28 heavy (non-hydrogen) atoms. The van der Waals surface area contributed by atoms with Crippen molar-refractivity contribution < 1.29 is 23.5 Å². The zero-order valence-electron chi connectivity index (χ0n) is 15.9. The highest BCUT2D eigenvalue weighted by atomic mass is 19.1. The van der Waals surface area contributed by atoms with Crippen LogP contribution in [0.1, 0.15) is 35.3 Å². The summed E-state index contributed by atoms with van der Waals surface area (Å²) in [4.78, 5) is 24.1. The fourth-order valence-electron chi connectivity index (χ4n) is 3.07. The van der Waals surface area contributed by atoms with Crippen LogP contribution in [0.5, 0.6) is 11.5 Å². The van der Waals surface area contributed by atoms with Crippen LogP contribution in [-0.2, 0) is 17.8 Å². The van der Waals surface area contributed by atoms with Crippen LogP contribution >= 0.6 is 0 Å². The number of halogens is 1. The van der Waals surface area contributed by atoms with Gasteiger partial charge in [-0.15, -0.1) is 0 Å². The van der Waals surface area contributed by atoms with E-state index in [9.17, 15) is 14.0 Å². The number of hydrogen-bond acceptors (Lipinski definition) is 4. The van der Waals surface area contributed by atoms with Gasteiger partial charge in [-0.3, -0.25) is 9.59 Å². The molecule has 0 unspecified atom stereocenters. The molecular formula is C21H23FN2O4. The van der Waals surface area contributed by atoms with E-state index < -0.39 is 11.7 Å². The Morgan fingerprint density at radius 3 is 2.79 bits per heavy atom. The number of carbonyl (C=O) groups is 2. The first-order chi connectivity index (χ1) is 13.5. The predicted octanol–water partition coefficient (Wildman–Crippen LogP) is 2.59. The molecule has 6 nitrogen and oxygen atoms in total. The number of ether oxygens (including phenoxy) is 2. The SMILES string of the molecule is CCOc1cc2c(cc1CNC(=O)CNC(=O)c1ccccc1F)O[C@@H](C)C2. The van der Waals surface area contributed by atoms with Gasteiger partial charge >= 0.3 is 0 Å². The van der Waals surface area contributed by atoms with E-state index in [1.54, 1.807) is 6.07 Å². The van der Waals surface area contributed by atoms with Gasteiger partial charge in [0, 0.05) is 24.1 Å². The lowest BCUT2D eigenvalue weighted by Gasteiger charge is -2.13. The highest BCUT2D eigenvalue weighted by Crippen LogP contribution is 2.35. The van der Waals surface area contributed by atoms with Crippen molar-refractivity contribution in [2.45, 2.75) is 32.9 Å². The summed E-state index contributed by atoms with van der Waals surface area (Å²) < 4.78 is 25.0. The molecule has 7 heteroatoms. The standard InChI is InChI=1S/C21H23FN2O4/c1-3-27-18-9-14-8-13(2)28-19(14)10-15(18)11-23-20(25)12-24-21(26)16-6-4-5-7-17(16)22/h4-7,9-10,13H,3,8,11-12H2,1-2H3,(H,23,25)(H,24,26)/t13-/m0/s1. The second kappa shape index (κ2) is 8.73. The highest BCUT2D eigenvalue weighted by molar-refractivity contribution is 5.96. The van der Waals surface area contributed by atoms with Gasteiger partial charge in [-0.05, 0) is 38.1 Å². The molecule has 0 bridgehead atoms. The third-order valence-corrected chi connectivity index (χ3v) is 4.38. The van der Waals surface area contributed by atoms with Gasteiger partial charge in [0.2, 0.25) is 5.91 Å². The number of nitrogens with one attached hydrogen (secondary N) is 2. The van der Waals surface area contributed by atoms with Gasteiger partial charge in [-0.25, -0.2) is 4.39 Å². The van der Waals surface area contributed by atoms with Gasteiger partial charge in [0.1, 0.15) is 23.4 Å². The van der Waals surface area contributed by atoms with Crippen LogP contribution in [0.2, 0.25) is 0 Å². The zero-order valence-corrected chi connectivity index (χ0v) is 15.9. The van der Waals surface area contributed by atoms with E-state index in [1.807, 2.05) is 26.0 Å². The molecule has 0 radical (unpaired) electrons. The molecule has 3 rings (SSSR count). The number of amides is 2. The molecule has 0 saturated heterocycles. The van der Waals surface area contributed by atoms with E-state index in [-0.39, 0.29) is 30.7 Å². The van der Waals surface area contributed by atoms with E-state index in [0.29, 0.717) is 12.4 Å². The summed E-state index contributed by atoms with van der Waals surface area (Å²) in [7, 11) is 0. The molecule has 0 aliphatic carbocycles. The van der Waals surface area contributed by atoms with Crippen molar-refractivity contribution in [2.75, 3.05) is 13.2 Å². The normalized spacial score (nSPS) is 14.8. The number of benzene rings is 2. The minimum atomic E-state index is -0.636. The Labute approximate surface area is 163 Å². The number of fused-ring (bicyclic) bond motifs is 1. The Morgan fingerprint density at radius 2 is 2.04 bits per heavy atom. The molecule has 0 saturated carbocycles. The molecule has 148 valence electrons. The predicted molar refractivity (Wildman–Crippen MR) is 102 cm³/mol. The van der Waals surface area contributed by atoms with Crippen LogP contribution in [0.4, 0.5) is 4.39 Å². The van der Waals surface area contributed by atoms with Gasteiger partial charge in [-0.2, -0.15) is 0 Å². The van der Waals surface area contributed by atoms with Gasteiger partial charge in [0.15, 0.2) is 0 Å². The number of hydrogen-bond donors (Lipinski definition) is 2. The summed E-state index contributed by atoms with van der Waals surface area (Å²) in [5, 5.41) is 5.15. The lowest BCUT2D eigenvalue weighted by Crippen LogP contribution is -2.37. The maximum atomic E-state index is 13.6. The van der Waals surface area contributed by atoms with Crippen LogP contribution < -0.4 is 20.1 Å². The Bertz CT molecular complexity index is 885. The topological polar surface area (TPSA) is 76.7 Å². The molecule has 2 aromatic carbocycles. The minimum absolute atomic E-state index is 0.0983. The van der Waals surface area contributed by atoms with Gasteiger partial charge in [-0.1, -0.05) is 12.1 Å². The second-order valence-corrected chi connectivity index (χ2v) is 6.57. The lowest BCUT2D eigenvalue weighted by molar-refractivity contribution is -0.120. The van der Waals surface area contributed by atoms with Crippen LogP contribution in [0, 0.1) is 5.82 Å². The summed E-state index contributed by atoms with van der Waals surface area (Å²) in [6, 6.07) is 9.44. The molecule has 0 fully saturated rings. The lowest BCUT2D eigenvalue weighted by atomic mass is 10.1. The molecule has 1 heterocycles. The third kappa shape index (κ3) is 4.60. The fraction of sp³-hybridized carbons (Fsp3) is 0.333. The Balaban J connectivity index is 1.58. The fourth-order valence-corrected chi connectivity index (χ4v) is 3.07. The number of rotatable bonds is 7. The van der Waals surface area contributed by atoms with E-state index in [1.165, 1.54) is 18.2 Å². The highest BCUT2D eigenvalue weighted by Gasteiger charge is 2.22. The summed E-state index contributed by atoms with van der Waals surface area (Å²) in [6.45, 7) is 4.38. The average Bonchev–Trinajstić information content (AvgIpc) is 3.03. The maximum absolute atomic E-state index is 13.6. The van der Waals surface area contributed by atoms with Crippen molar-refractivity contribution in [3.05, 3.63) is 58.9 Å². The van der Waals surface area contributed by atoms with Gasteiger partial charge in [0.05, 0.1) is 18.7 Å². The van der Waals surface area contributed by atoms with E-state index >= 15 is 0 Å². The summed E-state index contributed by atoms with van der Waals surface area (Å²) >= 11 is 0. The first-order valence-corrected chi connectivity index (χ1v) is 9.22. The van der Waals surface area contributed by atoms with E-state index in [4.69, 9.17) is 9.47 Å². The molecule has 2 N–H and O–H groups in total. The Morgan fingerprint density at radius 1 is 1.25 bits per heavy atom. The maximum Gasteiger partial charge on any atom is 0.254 e. The Hall–Kier alpha value is -3.09. The first-order valence-electron chi connectivity index (χ1n) is 9.22. The zero-order chi connectivity index (χ0) is 20.1. The van der Waals surface area contributed by atoms with Crippen LogP contribution in [0.25, 0.3) is 0 Å². The number of carbonyl (C=O) groups excluding carboxylic acids is 2. The summed E-state index contributed by atoms with van der Waals surface area (Å²) in [5.74, 6) is -0.151. The largest absolute Gasteiger partial charge is 0.494 e. The molecule has 1 aliphatic rings. The molecule has 2 aromatic rings. The third-order valence-electron chi connectivity index (χ3n) is 4.38. The van der Waals surface area contributed by atoms with Crippen molar-refractivity contribution in [1.82, 2.24) is 10.6 Å². The molecular weight excluding hydrogens is 363 g/mol.